The SMILES string of the molecule is C=CCCC(CN1C[C@H]2CC=CC[C@H]2C1)Oc1ncc(Cl)cn1. The van der Waals surface area contributed by atoms with Crippen LogP contribution in [-0.2, 0) is 0 Å². The van der Waals surface area contributed by atoms with E-state index in [1.165, 1.54) is 25.9 Å². The van der Waals surface area contributed by atoms with Crippen LogP contribution in [0, 0.1) is 11.8 Å². The second-order valence-electron chi connectivity index (χ2n) is 6.47. The number of hydrogen-bond donors (Lipinski definition) is 0. The van der Waals surface area contributed by atoms with Crippen molar-refractivity contribution in [2.24, 2.45) is 11.8 Å². The molecule has 0 amide bonds. The molecule has 1 unspecified atom stereocenters. The van der Waals surface area contributed by atoms with E-state index in [4.69, 9.17) is 16.3 Å². The summed E-state index contributed by atoms with van der Waals surface area (Å²) in [5.41, 5.74) is 0. The first kappa shape index (κ1) is 16.5. The lowest BCUT2D eigenvalue weighted by Crippen LogP contribution is -2.35. The predicted octanol–water partition coefficient (Wildman–Crippen LogP) is 3.74. The highest BCUT2D eigenvalue weighted by Crippen LogP contribution is 2.33. The van der Waals surface area contributed by atoms with Gasteiger partial charge in [0.05, 0.1) is 17.4 Å². The van der Waals surface area contributed by atoms with Crippen LogP contribution in [0.2, 0.25) is 5.02 Å². The average Bonchev–Trinajstić information content (AvgIpc) is 2.97. The Hall–Kier alpha value is -1.39. The van der Waals surface area contributed by atoms with Crippen LogP contribution in [0.15, 0.2) is 37.2 Å². The molecule has 1 saturated heterocycles. The summed E-state index contributed by atoms with van der Waals surface area (Å²) in [7, 11) is 0. The van der Waals surface area contributed by atoms with Crippen molar-refractivity contribution in [3.05, 3.63) is 42.2 Å². The first-order valence-corrected chi connectivity index (χ1v) is 8.75. The van der Waals surface area contributed by atoms with Crippen LogP contribution in [-0.4, -0.2) is 40.6 Å². The predicted molar refractivity (Wildman–Crippen MR) is 92.7 cm³/mol. The maximum Gasteiger partial charge on any atom is 0.316 e. The Bertz CT molecular complexity index is 530. The summed E-state index contributed by atoms with van der Waals surface area (Å²) in [6, 6.07) is 0.404. The molecule has 1 fully saturated rings. The summed E-state index contributed by atoms with van der Waals surface area (Å²) in [4.78, 5) is 10.8. The minimum absolute atomic E-state index is 0.0855. The summed E-state index contributed by atoms with van der Waals surface area (Å²) in [6.07, 6.45) is 14.1. The van der Waals surface area contributed by atoms with Crippen molar-refractivity contribution < 1.29 is 4.74 Å². The Morgan fingerprint density at radius 1 is 1.26 bits per heavy atom. The van der Waals surface area contributed by atoms with Gasteiger partial charge in [0.25, 0.3) is 0 Å². The fraction of sp³-hybridized carbons (Fsp3) is 0.556. The molecular weight excluding hydrogens is 310 g/mol. The van der Waals surface area contributed by atoms with Gasteiger partial charge in [-0.1, -0.05) is 29.8 Å². The van der Waals surface area contributed by atoms with Gasteiger partial charge in [-0.05, 0) is 37.5 Å². The van der Waals surface area contributed by atoms with E-state index in [0.717, 1.165) is 31.2 Å². The van der Waals surface area contributed by atoms with Crippen LogP contribution in [0.4, 0.5) is 0 Å². The molecule has 1 aliphatic heterocycles. The number of hydrogen-bond acceptors (Lipinski definition) is 4. The molecule has 3 rings (SSSR count). The summed E-state index contributed by atoms with van der Waals surface area (Å²) in [6.45, 7) is 7.08. The zero-order valence-corrected chi connectivity index (χ0v) is 14.2. The molecule has 4 nitrogen and oxygen atoms in total. The monoisotopic (exact) mass is 333 g/mol. The van der Waals surface area contributed by atoms with Gasteiger partial charge >= 0.3 is 6.01 Å². The second-order valence-corrected chi connectivity index (χ2v) is 6.91. The lowest BCUT2D eigenvalue weighted by molar-refractivity contribution is 0.126. The van der Waals surface area contributed by atoms with Crippen LogP contribution in [0.3, 0.4) is 0 Å². The molecule has 2 heterocycles. The normalized spacial score (nSPS) is 25.1. The average molecular weight is 334 g/mol. The van der Waals surface area contributed by atoms with E-state index >= 15 is 0 Å². The molecule has 0 aromatic carbocycles. The van der Waals surface area contributed by atoms with E-state index in [1.807, 2.05) is 6.08 Å². The Labute approximate surface area is 143 Å². The lowest BCUT2D eigenvalue weighted by Gasteiger charge is -2.23. The molecule has 0 bridgehead atoms. The number of allylic oxidation sites excluding steroid dienone is 3. The second kappa shape index (κ2) is 7.93. The largest absolute Gasteiger partial charge is 0.459 e. The first-order valence-electron chi connectivity index (χ1n) is 8.37. The van der Waals surface area contributed by atoms with E-state index in [1.54, 1.807) is 12.4 Å². The summed E-state index contributed by atoms with van der Waals surface area (Å²) >= 11 is 5.83. The van der Waals surface area contributed by atoms with Crippen molar-refractivity contribution in [2.75, 3.05) is 19.6 Å². The number of halogens is 1. The van der Waals surface area contributed by atoms with E-state index in [0.29, 0.717) is 11.0 Å². The van der Waals surface area contributed by atoms with Crippen LogP contribution < -0.4 is 4.74 Å². The smallest absolute Gasteiger partial charge is 0.316 e. The molecule has 1 aromatic rings. The molecule has 5 heteroatoms. The van der Waals surface area contributed by atoms with Gasteiger partial charge in [0.15, 0.2) is 0 Å². The fourth-order valence-corrected chi connectivity index (χ4v) is 3.65. The van der Waals surface area contributed by atoms with Gasteiger partial charge < -0.3 is 4.74 Å². The Balaban J connectivity index is 1.58. The van der Waals surface area contributed by atoms with Gasteiger partial charge in [0.2, 0.25) is 0 Å². The van der Waals surface area contributed by atoms with Crippen molar-refractivity contribution in [1.29, 1.82) is 0 Å². The van der Waals surface area contributed by atoms with Crippen molar-refractivity contribution >= 4 is 11.6 Å². The number of nitrogens with zero attached hydrogens (tertiary/aromatic N) is 3. The molecule has 3 atom stereocenters. The highest BCUT2D eigenvalue weighted by molar-refractivity contribution is 6.30. The highest BCUT2D eigenvalue weighted by atomic mass is 35.5. The third-order valence-electron chi connectivity index (χ3n) is 4.72. The third kappa shape index (κ3) is 4.55. The first-order chi connectivity index (χ1) is 11.2. The number of aromatic nitrogens is 2. The highest BCUT2D eigenvalue weighted by Gasteiger charge is 2.33. The minimum Gasteiger partial charge on any atom is -0.459 e. The molecule has 0 saturated carbocycles. The molecule has 2 aliphatic rings. The summed E-state index contributed by atoms with van der Waals surface area (Å²) < 4.78 is 6.00. The van der Waals surface area contributed by atoms with Crippen molar-refractivity contribution in [3.63, 3.8) is 0 Å². The van der Waals surface area contributed by atoms with Gasteiger partial charge in [-0.15, -0.1) is 6.58 Å². The van der Waals surface area contributed by atoms with Gasteiger partial charge in [-0.2, -0.15) is 0 Å². The van der Waals surface area contributed by atoms with Crippen molar-refractivity contribution in [3.8, 4) is 6.01 Å². The summed E-state index contributed by atoms with van der Waals surface area (Å²) in [5.74, 6) is 1.62. The van der Waals surface area contributed by atoms with E-state index in [-0.39, 0.29) is 6.10 Å². The Morgan fingerprint density at radius 3 is 2.52 bits per heavy atom. The standard InChI is InChI=1S/C18H24ClN3O/c1-2-3-8-17(23-18-20-9-16(19)10-21-18)13-22-11-14-6-4-5-7-15(14)12-22/h2,4-5,9-10,14-15,17H,1,3,6-8,11-13H2/t14-,15+,17?. The zero-order chi connectivity index (χ0) is 16.1. The zero-order valence-electron chi connectivity index (χ0n) is 13.4. The van der Waals surface area contributed by atoms with Gasteiger partial charge in [0, 0.05) is 19.6 Å². The number of ether oxygens (including phenoxy) is 1. The molecule has 124 valence electrons. The van der Waals surface area contributed by atoms with Crippen LogP contribution >= 0.6 is 11.6 Å². The quantitative estimate of drug-likeness (QED) is 0.712. The summed E-state index contributed by atoms with van der Waals surface area (Å²) in [5, 5.41) is 0.524. The van der Waals surface area contributed by atoms with Crippen molar-refractivity contribution in [1.82, 2.24) is 14.9 Å². The number of fused-ring (bicyclic) bond motifs is 1. The Morgan fingerprint density at radius 2 is 1.91 bits per heavy atom. The molecular formula is C18H24ClN3O. The van der Waals surface area contributed by atoms with Gasteiger partial charge in [0.1, 0.15) is 6.10 Å². The van der Waals surface area contributed by atoms with E-state index < -0.39 is 0 Å². The maximum absolute atomic E-state index is 6.00. The molecule has 1 aliphatic carbocycles. The van der Waals surface area contributed by atoms with Gasteiger partial charge in [-0.3, -0.25) is 4.90 Å². The molecule has 0 radical (unpaired) electrons. The molecule has 0 spiro atoms. The third-order valence-corrected chi connectivity index (χ3v) is 4.91. The van der Waals surface area contributed by atoms with Crippen LogP contribution in [0.1, 0.15) is 25.7 Å². The van der Waals surface area contributed by atoms with E-state index in [9.17, 15) is 0 Å². The van der Waals surface area contributed by atoms with Crippen LogP contribution in [0.5, 0.6) is 6.01 Å². The minimum atomic E-state index is 0.0855. The number of rotatable bonds is 7. The molecule has 0 N–H and O–H groups in total. The topological polar surface area (TPSA) is 38.2 Å². The maximum atomic E-state index is 6.00. The fourth-order valence-electron chi connectivity index (χ4n) is 3.55. The van der Waals surface area contributed by atoms with E-state index in [2.05, 4.69) is 33.6 Å². The van der Waals surface area contributed by atoms with Crippen molar-refractivity contribution in [2.45, 2.75) is 31.8 Å². The lowest BCUT2D eigenvalue weighted by atomic mass is 9.86. The van der Waals surface area contributed by atoms with Gasteiger partial charge in [-0.25, -0.2) is 9.97 Å². The molecule has 23 heavy (non-hydrogen) atoms. The Kier molecular flexibility index (Phi) is 5.68. The number of likely N-dealkylation sites (tertiary alicyclic amines) is 1. The molecule has 1 aromatic heterocycles. The van der Waals surface area contributed by atoms with Crippen LogP contribution in [0.25, 0.3) is 0 Å².